The van der Waals surface area contributed by atoms with E-state index in [4.69, 9.17) is 4.74 Å². The van der Waals surface area contributed by atoms with Crippen LogP contribution in [0.1, 0.15) is 64.6 Å². The first-order valence-corrected chi connectivity index (χ1v) is 12.2. The maximum Gasteiger partial charge on any atom is 0.261 e. The van der Waals surface area contributed by atoms with Gasteiger partial charge in [-0.15, -0.1) is 0 Å². The Labute approximate surface area is 180 Å². The molecule has 0 heterocycles. The van der Waals surface area contributed by atoms with Crippen LogP contribution in [0.4, 0.5) is 0 Å². The molecule has 0 saturated heterocycles. The lowest BCUT2D eigenvalue weighted by Crippen LogP contribution is -2.40. The van der Waals surface area contributed by atoms with E-state index in [0.29, 0.717) is 18.6 Å². The number of amides is 1. The molecule has 0 saturated carbocycles. The smallest absolute Gasteiger partial charge is 0.261 e. The summed E-state index contributed by atoms with van der Waals surface area (Å²) in [6, 6.07) is 14.3. The predicted molar refractivity (Wildman–Crippen MR) is 121 cm³/mol. The van der Waals surface area contributed by atoms with E-state index in [0.717, 1.165) is 5.56 Å². The summed E-state index contributed by atoms with van der Waals surface area (Å²) >= 11 is 0. The molecule has 2 aromatic carbocycles. The highest BCUT2D eigenvalue weighted by Gasteiger charge is 2.22. The standard InChI is InChI=1S/C24H33NO4S/c1-7-21(17-9-15-20(16-10-17)30(6,27)28)25-23(26)22(8-2)29-19-13-11-18(12-14-19)24(3,4)5/h9-16,21-22H,7-8H2,1-6H3,(H,25,26). The van der Waals surface area contributed by atoms with Crippen molar-refractivity contribution in [1.82, 2.24) is 5.32 Å². The molecule has 30 heavy (non-hydrogen) atoms. The van der Waals surface area contributed by atoms with E-state index in [2.05, 4.69) is 26.1 Å². The zero-order chi connectivity index (χ0) is 22.5. The summed E-state index contributed by atoms with van der Waals surface area (Å²) in [5.41, 5.74) is 2.12. The van der Waals surface area contributed by atoms with Crippen LogP contribution in [-0.4, -0.2) is 26.7 Å². The molecule has 0 aromatic heterocycles. The second-order valence-electron chi connectivity index (χ2n) is 8.60. The topological polar surface area (TPSA) is 72.5 Å². The van der Waals surface area contributed by atoms with E-state index in [1.807, 2.05) is 38.1 Å². The highest BCUT2D eigenvalue weighted by atomic mass is 32.2. The lowest BCUT2D eigenvalue weighted by Gasteiger charge is -2.23. The molecule has 0 bridgehead atoms. The number of nitrogens with one attached hydrogen (secondary N) is 1. The minimum Gasteiger partial charge on any atom is -0.481 e. The van der Waals surface area contributed by atoms with Crippen LogP contribution in [0.5, 0.6) is 5.75 Å². The van der Waals surface area contributed by atoms with Crippen LogP contribution < -0.4 is 10.1 Å². The van der Waals surface area contributed by atoms with Crippen molar-refractivity contribution >= 4 is 15.7 Å². The summed E-state index contributed by atoms with van der Waals surface area (Å²) in [7, 11) is -3.25. The first kappa shape index (κ1) is 23.9. The van der Waals surface area contributed by atoms with Gasteiger partial charge in [-0.3, -0.25) is 4.79 Å². The van der Waals surface area contributed by atoms with Crippen LogP contribution in [0.25, 0.3) is 0 Å². The molecule has 2 aromatic rings. The summed E-state index contributed by atoms with van der Waals surface area (Å²) in [4.78, 5) is 13.1. The molecule has 0 spiro atoms. The highest BCUT2D eigenvalue weighted by molar-refractivity contribution is 7.90. The van der Waals surface area contributed by atoms with E-state index < -0.39 is 15.9 Å². The molecule has 0 fully saturated rings. The lowest BCUT2D eigenvalue weighted by molar-refractivity contribution is -0.128. The number of carbonyl (C=O) groups is 1. The SMILES string of the molecule is CCC(Oc1ccc(C(C)(C)C)cc1)C(=O)NC(CC)c1ccc(S(C)(=O)=O)cc1. The largest absolute Gasteiger partial charge is 0.481 e. The maximum absolute atomic E-state index is 12.8. The summed E-state index contributed by atoms with van der Waals surface area (Å²) in [6.07, 6.45) is 1.80. The van der Waals surface area contributed by atoms with Gasteiger partial charge in [0.25, 0.3) is 5.91 Å². The molecule has 1 N–H and O–H groups in total. The quantitative estimate of drug-likeness (QED) is 0.651. The second kappa shape index (κ2) is 9.65. The molecular formula is C24H33NO4S. The molecule has 2 rings (SSSR count). The van der Waals surface area contributed by atoms with Crippen molar-refractivity contribution in [2.75, 3.05) is 6.26 Å². The van der Waals surface area contributed by atoms with Crippen molar-refractivity contribution in [3.63, 3.8) is 0 Å². The third-order valence-electron chi connectivity index (χ3n) is 5.10. The number of benzene rings is 2. The van der Waals surface area contributed by atoms with Crippen LogP contribution in [0.3, 0.4) is 0 Å². The van der Waals surface area contributed by atoms with Crippen molar-refractivity contribution in [1.29, 1.82) is 0 Å². The van der Waals surface area contributed by atoms with Gasteiger partial charge in [0.2, 0.25) is 0 Å². The Hall–Kier alpha value is -2.34. The molecule has 0 aliphatic carbocycles. The third-order valence-corrected chi connectivity index (χ3v) is 6.23. The number of hydrogen-bond donors (Lipinski definition) is 1. The Balaban J connectivity index is 2.09. The minimum absolute atomic E-state index is 0.0566. The fourth-order valence-electron chi connectivity index (χ4n) is 3.15. The molecule has 5 nitrogen and oxygen atoms in total. The first-order valence-electron chi connectivity index (χ1n) is 10.3. The van der Waals surface area contributed by atoms with E-state index in [9.17, 15) is 13.2 Å². The number of hydrogen-bond acceptors (Lipinski definition) is 4. The van der Waals surface area contributed by atoms with E-state index in [1.54, 1.807) is 24.3 Å². The summed E-state index contributed by atoms with van der Waals surface area (Å²) in [6.45, 7) is 10.3. The van der Waals surface area contributed by atoms with E-state index in [1.165, 1.54) is 11.8 Å². The highest BCUT2D eigenvalue weighted by Crippen LogP contribution is 2.25. The monoisotopic (exact) mass is 431 g/mol. The van der Waals surface area contributed by atoms with Crippen LogP contribution in [0.15, 0.2) is 53.4 Å². The Morgan fingerprint density at radius 3 is 1.97 bits per heavy atom. The van der Waals surface area contributed by atoms with Crippen molar-refractivity contribution in [3.05, 3.63) is 59.7 Å². The fourth-order valence-corrected chi connectivity index (χ4v) is 3.78. The third kappa shape index (κ3) is 6.33. The van der Waals surface area contributed by atoms with Gasteiger partial charge in [-0.2, -0.15) is 0 Å². The van der Waals surface area contributed by atoms with Gasteiger partial charge in [-0.25, -0.2) is 8.42 Å². The van der Waals surface area contributed by atoms with Crippen molar-refractivity contribution in [2.45, 2.75) is 69.9 Å². The number of ether oxygens (including phenoxy) is 1. The van der Waals surface area contributed by atoms with E-state index >= 15 is 0 Å². The van der Waals surface area contributed by atoms with Gasteiger partial charge in [-0.05, 0) is 53.6 Å². The summed E-state index contributed by atoms with van der Waals surface area (Å²) in [5.74, 6) is 0.479. The summed E-state index contributed by atoms with van der Waals surface area (Å²) < 4.78 is 29.3. The zero-order valence-corrected chi connectivity index (χ0v) is 19.5. The normalized spacial score (nSPS) is 14.1. The lowest BCUT2D eigenvalue weighted by atomic mass is 9.87. The molecule has 2 atom stereocenters. The molecule has 164 valence electrons. The zero-order valence-electron chi connectivity index (χ0n) is 18.7. The minimum atomic E-state index is -3.25. The molecular weight excluding hydrogens is 398 g/mol. The van der Waals surface area contributed by atoms with Crippen LogP contribution in [-0.2, 0) is 20.0 Å². The van der Waals surface area contributed by atoms with Crippen LogP contribution in [0, 0.1) is 0 Å². The maximum atomic E-state index is 12.8. The van der Waals surface area contributed by atoms with Gasteiger partial charge in [0.1, 0.15) is 5.75 Å². The van der Waals surface area contributed by atoms with Gasteiger partial charge >= 0.3 is 0 Å². The Bertz CT molecular complexity index is 942. The molecule has 2 unspecified atom stereocenters. The summed E-state index contributed by atoms with van der Waals surface area (Å²) in [5, 5.41) is 3.03. The van der Waals surface area contributed by atoms with E-state index in [-0.39, 0.29) is 22.3 Å². The van der Waals surface area contributed by atoms with Gasteiger partial charge in [0, 0.05) is 6.26 Å². The first-order chi connectivity index (χ1) is 14.0. The molecule has 1 amide bonds. The number of carbonyl (C=O) groups excluding carboxylic acids is 1. The Morgan fingerprint density at radius 1 is 0.967 bits per heavy atom. The molecule has 6 heteroatoms. The fraction of sp³-hybridized carbons (Fsp3) is 0.458. The van der Waals surface area contributed by atoms with Crippen LogP contribution in [0.2, 0.25) is 0 Å². The molecule has 0 aliphatic rings. The average Bonchev–Trinajstić information content (AvgIpc) is 2.69. The van der Waals surface area contributed by atoms with Crippen molar-refractivity contribution in [3.8, 4) is 5.75 Å². The molecule has 0 radical (unpaired) electrons. The van der Waals surface area contributed by atoms with Crippen molar-refractivity contribution in [2.24, 2.45) is 0 Å². The van der Waals surface area contributed by atoms with Gasteiger partial charge in [0.15, 0.2) is 15.9 Å². The Morgan fingerprint density at radius 2 is 1.53 bits per heavy atom. The van der Waals surface area contributed by atoms with Crippen LogP contribution >= 0.6 is 0 Å². The molecule has 0 aliphatic heterocycles. The predicted octanol–water partition coefficient (Wildman–Crippen LogP) is 4.81. The Kier molecular flexibility index (Phi) is 7.70. The second-order valence-corrected chi connectivity index (χ2v) is 10.6. The number of rotatable bonds is 8. The van der Waals surface area contributed by atoms with Gasteiger partial charge < -0.3 is 10.1 Å². The average molecular weight is 432 g/mol. The van der Waals surface area contributed by atoms with Gasteiger partial charge in [-0.1, -0.05) is 58.9 Å². The van der Waals surface area contributed by atoms with Crippen molar-refractivity contribution < 1.29 is 17.9 Å². The number of sulfone groups is 1. The van der Waals surface area contributed by atoms with Gasteiger partial charge in [0.05, 0.1) is 10.9 Å².